The number of quaternary nitrogens is 2. The highest BCUT2D eigenvalue weighted by Crippen LogP contribution is 2.31. The Balaban J connectivity index is 2.10. The van der Waals surface area contributed by atoms with E-state index in [2.05, 4.69) is 11.5 Å². The van der Waals surface area contributed by atoms with Crippen LogP contribution in [0.3, 0.4) is 0 Å². The average molecular weight is 381 g/mol. The molecule has 26 heavy (non-hydrogen) atoms. The summed E-state index contributed by atoms with van der Waals surface area (Å²) in [4.78, 5) is 0. The van der Waals surface area contributed by atoms with Crippen LogP contribution in [0.25, 0.3) is 0 Å². The molecule has 2 aliphatic rings. The van der Waals surface area contributed by atoms with Crippen LogP contribution in [0.2, 0.25) is 0 Å². The predicted octanol–water partition coefficient (Wildman–Crippen LogP) is -7.33. The Bertz CT molecular complexity index is 497. The van der Waals surface area contributed by atoms with Crippen molar-refractivity contribution in [2.75, 3.05) is 0 Å². The first-order valence-electron chi connectivity index (χ1n) is 8.78. The van der Waals surface area contributed by atoms with Gasteiger partial charge in [0.05, 0.1) is 18.6 Å². The third kappa shape index (κ3) is 4.32. The molecule has 1 aliphatic heterocycles. The zero-order valence-corrected chi connectivity index (χ0v) is 14.9. The summed E-state index contributed by atoms with van der Waals surface area (Å²) >= 11 is 0. The summed E-state index contributed by atoms with van der Waals surface area (Å²) in [6.45, 7) is 1.42. The van der Waals surface area contributed by atoms with Crippen molar-refractivity contribution in [3.05, 3.63) is 0 Å². The molecule has 1 saturated carbocycles. The Kier molecular flexibility index (Phi) is 6.93. The largest absolute Gasteiger partial charge is 0.391 e. The first kappa shape index (κ1) is 21.4. The Morgan fingerprint density at radius 3 is 2.35 bits per heavy atom. The number of hydrogen-bond acceptors (Lipinski definition) is 7. The van der Waals surface area contributed by atoms with E-state index in [1.54, 1.807) is 0 Å². The number of amidine groups is 1. The monoisotopic (exact) mass is 381 g/mol. The molecule has 15 N–H and O–H groups in total. The second-order valence-corrected chi connectivity index (χ2v) is 7.47. The van der Waals surface area contributed by atoms with E-state index in [4.69, 9.17) is 20.6 Å². The summed E-state index contributed by atoms with van der Waals surface area (Å²) < 4.78 is 11.3. The maximum absolute atomic E-state index is 10.5. The fourth-order valence-electron chi connectivity index (χ4n) is 3.74. The van der Waals surface area contributed by atoms with Crippen molar-refractivity contribution >= 4 is 5.84 Å². The van der Waals surface area contributed by atoms with Crippen LogP contribution in [0, 0.1) is 5.92 Å². The van der Waals surface area contributed by atoms with Gasteiger partial charge in [0.2, 0.25) is 12.1 Å². The second-order valence-electron chi connectivity index (χ2n) is 7.47. The van der Waals surface area contributed by atoms with E-state index in [1.807, 2.05) is 0 Å². The molecule has 0 amide bonds. The van der Waals surface area contributed by atoms with Gasteiger partial charge in [-0.1, -0.05) is 0 Å². The third-order valence-corrected chi connectivity index (χ3v) is 5.27. The maximum atomic E-state index is 10.5. The molecule has 1 aliphatic carbocycles. The Morgan fingerprint density at radius 2 is 1.81 bits per heavy atom. The molecule has 5 unspecified atom stereocenters. The van der Waals surface area contributed by atoms with Crippen LogP contribution in [0.4, 0.5) is 0 Å². The van der Waals surface area contributed by atoms with Crippen molar-refractivity contribution in [1.82, 2.24) is 0 Å². The lowest BCUT2D eigenvalue weighted by molar-refractivity contribution is -0.519. The minimum Gasteiger partial charge on any atom is -0.391 e. The van der Waals surface area contributed by atoms with E-state index in [9.17, 15) is 25.5 Å². The highest BCUT2D eigenvalue weighted by molar-refractivity contribution is 5.74. The number of aliphatic hydroxyl groups is 5. The van der Waals surface area contributed by atoms with Crippen LogP contribution in [0.5, 0.6) is 0 Å². The van der Waals surface area contributed by atoms with Crippen LogP contribution in [0.1, 0.15) is 19.8 Å². The lowest BCUT2D eigenvalue weighted by atomic mass is 9.78. The summed E-state index contributed by atoms with van der Waals surface area (Å²) in [5.74, 6) is -0.184. The van der Waals surface area contributed by atoms with Gasteiger partial charge in [0.1, 0.15) is 36.6 Å². The first-order valence-corrected chi connectivity index (χ1v) is 8.78. The van der Waals surface area contributed by atoms with Gasteiger partial charge < -0.3 is 46.5 Å². The van der Waals surface area contributed by atoms with Crippen LogP contribution in [0.15, 0.2) is 0 Å². The summed E-state index contributed by atoms with van der Waals surface area (Å²) in [6, 6.07) is -1.26. The van der Waals surface area contributed by atoms with E-state index in [1.165, 1.54) is 6.92 Å². The molecule has 2 fully saturated rings. The molecule has 1 heterocycles. The van der Waals surface area contributed by atoms with Gasteiger partial charge in [-0.25, -0.2) is 0 Å². The molecule has 0 aromatic rings. The van der Waals surface area contributed by atoms with E-state index in [0.717, 1.165) is 0 Å². The molecule has 0 spiro atoms. The van der Waals surface area contributed by atoms with Crippen LogP contribution >= 0.6 is 0 Å². The second kappa shape index (κ2) is 8.42. The summed E-state index contributed by atoms with van der Waals surface area (Å²) in [7, 11) is 0. The van der Waals surface area contributed by atoms with Crippen LogP contribution in [-0.2, 0) is 9.47 Å². The fraction of sp³-hybridized carbons (Fsp3) is 0.933. The molecule has 11 heteroatoms. The maximum Gasteiger partial charge on any atom is 0.238 e. The van der Waals surface area contributed by atoms with Crippen molar-refractivity contribution in [2.45, 2.75) is 80.9 Å². The first-order chi connectivity index (χ1) is 12.0. The molecular weight excluding hydrogens is 348 g/mol. The van der Waals surface area contributed by atoms with Crippen molar-refractivity contribution in [3.8, 4) is 0 Å². The highest BCUT2D eigenvalue weighted by Gasteiger charge is 2.52. The van der Waals surface area contributed by atoms with Gasteiger partial charge >= 0.3 is 0 Å². The SMILES string of the molecule is C[C@@H](O)C1O[C@H](O[C@@H]2C([NH3+])CC(CC(N)=[NH2+])[C@@H](O)C2O)C([NH3+])[C@@H](O)[C@@H]1O. The topological polar surface area (TPSA) is 226 Å². The lowest BCUT2D eigenvalue weighted by Gasteiger charge is -2.44. The number of rotatable bonds is 5. The quantitative estimate of drug-likeness (QED) is 0.164. The molecule has 0 aromatic carbocycles. The van der Waals surface area contributed by atoms with Crippen molar-refractivity contribution in [1.29, 1.82) is 0 Å². The number of hydrogen-bond donors (Lipinski definition) is 9. The molecular formula is C15H33N4O7+3. The Hall–Kier alpha value is -0.890. The molecule has 0 aromatic heterocycles. The van der Waals surface area contributed by atoms with Crippen molar-refractivity contribution in [3.63, 3.8) is 0 Å². The van der Waals surface area contributed by atoms with E-state index in [-0.39, 0.29) is 18.2 Å². The van der Waals surface area contributed by atoms with Crippen molar-refractivity contribution < 1.29 is 51.9 Å². The molecule has 11 nitrogen and oxygen atoms in total. The normalized spacial score (nSPS) is 48.2. The fourth-order valence-corrected chi connectivity index (χ4v) is 3.74. The van der Waals surface area contributed by atoms with Gasteiger partial charge in [0, 0.05) is 12.3 Å². The molecule has 1 saturated heterocycles. The van der Waals surface area contributed by atoms with E-state index in [0.29, 0.717) is 6.42 Å². The van der Waals surface area contributed by atoms with Crippen molar-refractivity contribution in [2.24, 2.45) is 11.7 Å². The zero-order valence-electron chi connectivity index (χ0n) is 14.9. The average Bonchev–Trinajstić information content (AvgIpc) is 2.55. The number of aliphatic hydroxyl groups excluding tert-OH is 5. The Labute approximate surface area is 151 Å². The summed E-state index contributed by atoms with van der Waals surface area (Å²) in [6.07, 6.45) is -8.40. The van der Waals surface area contributed by atoms with E-state index < -0.39 is 61.1 Å². The van der Waals surface area contributed by atoms with Gasteiger partial charge in [0.15, 0.2) is 6.04 Å². The number of nitrogens with two attached hydrogens (primary N) is 2. The number of ether oxygens (including phenoxy) is 2. The molecule has 0 bridgehead atoms. The van der Waals surface area contributed by atoms with Gasteiger partial charge in [-0.05, 0) is 6.92 Å². The lowest BCUT2D eigenvalue weighted by Crippen LogP contribution is -2.80. The van der Waals surface area contributed by atoms with Gasteiger partial charge in [0.25, 0.3) is 0 Å². The third-order valence-electron chi connectivity index (χ3n) is 5.27. The molecule has 2 rings (SSSR count). The minimum atomic E-state index is -1.32. The van der Waals surface area contributed by atoms with E-state index >= 15 is 0 Å². The smallest absolute Gasteiger partial charge is 0.238 e. The van der Waals surface area contributed by atoms with Crippen LogP contribution < -0.4 is 22.6 Å². The summed E-state index contributed by atoms with van der Waals surface area (Å²) in [5, 5.41) is 56.2. The van der Waals surface area contributed by atoms with Gasteiger partial charge in [-0.3, -0.25) is 11.1 Å². The standard InChI is InChI=1S/C15H30N4O7/c1-4(20)13-12(24)10(22)8(19)15(25-13)26-14-6(16)2-5(3-7(17)18)9(21)11(14)23/h4-6,8-15,20-24H,2-3,16,19H2,1H3,(H3,17,18)/p+3/t4-,5?,6?,8?,9-,10-,11?,12+,13?,14-,15-/m1/s1. The van der Waals surface area contributed by atoms with Gasteiger partial charge in [-0.15, -0.1) is 0 Å². The van der Waals surface area contributed by atoms with Crippen LogP contribution in [-0.4, -0.2) is 92.5 Å². The molecule has 0 radical (unpaired) electrons. The molecule has 11 atom stereocenters. The Morgan fingerprint density at radius 1 is 1.19 bits per heavy atom. The minimum absolute atomic E-state index is 0.165. The predicted molar refractivity (Wildman–Crippen MR) is 86.4 cm³/mol. The highest BCUT2D eigenvalue weighted by atomic mass is 16.7. The zero-order chi connectivity index (χ0) is 19.8. The molecule has 152 valence electrons. The van der Waals surface area contributed by atoms with Gasteiger partial charge in [-0.2, -0.15) is 0 Å². The summed E-state index contributed by atoms with van der Waals surface area (Å²) in [5.41, 5.74) is 13.2.